The van der Waals surface area contributed by atoms with Crippen molar-refractivity contribution in [3.63, 3.8) is 0 Å². The highest BCUT2D eigenvalue weighted by Gasteiger charge is 2.34. The van der Waals surface area contributed by atoms with Gasteiger partial charge >= 0.3 is 0 Å². The molecule has 0 spiro atoms. The topological polar surface area (TPSA) is 37.4 Å². The summed E-state index contributed by atoms with van der Waals surface area (Å²) in [6.07, 6.45) is 3.85. The van der Waals surface area contributed by atoms with Gasteiger partial charge in [0.1, 0.15) is 0 Å². The number of nitrogens with zero attached hydrogens (tertiary/aromatic N) is 1. The predicted molar refractivity (Wildman–Crippen MR) is 68.3 cm³/mol. The Morgan fingerprint density at radius 3 is 2.25 bits per heavy atom. The summed E-state index contributed by atoms with van der Waals surface area (Å²) in [6.45, 7) is 4.51. The van der Waals surface area contributed by atoms with Crippen LogP contribution in [-0.2, 0) is 10.0 Å². The van der Waals surface area contributed by atoms with E-state index < -0.39 is 10.0 Å². The smallest absolute Gasteiger partial charge is 0.212 e. The molecule has 1 aliphatic carbocycles. The van der Waals surface area contributed by atoms with Gasteiger partial charge in [0.2, 0.25) is 10.0 Å². The summed E-state index contributed by atoms with van der Waals surface area (Å²) in [5.41, 5.74) is 0. The highest BCUT2D eigenvalue weighted by molar-refractivity contribution is 7.89. The van der Waals surface area contributed by atoms with Crippen LogP contribution < -0.4 is 0 Å². The number of alkyl halides is 1. The highest BCUT2D eigenvalue weighted by atomic mass is 35.5. The molecule has 96 valence electrons. The zero-order valence-electron chi connectivity index (χ0n) is 10.2. The fourth-order valence-electron chi connectivity index (χ4n) is 2.01. The van der Waals surface area contributed by atoms with Crippen LogP contribution in [0.2, 0.25) is 0 Å². The lowest BCUT2D eigenvalue weighted by Gasteiger charge is -2.29. The van der Waals surface area contributed by atoms with Crippen molar-refractivity contribution in [2.24, 2.45) is 5.92 Å². The molecule has 0 atom stereocenters. The fourth-order valence-corrected chi connectivity index (χ4v) is 4.53. The van der Waals surface area contributed by atoms with Crippen LogP contribution in [0.5, 0.6) is 0 Å². The molecule has 0 aliphatic heterocycles. The lowest BCUT2D eigenvalue weighted by atomic mass is 10.2. The van der Waals surface area contributed by atoms with Gasteiger partial charge in [-0.1, -0.05) is 13.8 Å². The maximum Gasteiger partial charge on any atom is 0.214 e. The first kappa shape index (κ1) is 14.3. The lowest BCUT2D eigenvalue weighted by molar-refractivity contribution is 0.316. The van der Waals surface area contributed by atoms with E-state index in [9.17, 15) is 8.42 Å². The standard InChI is InChI=1S/C11H22ClNO2S/c1-3-11(4-2)13(8-7-12)16(14,15)9-10-5-6-10/h10-11H,3-9H2,1-2H3. The van der Waals surface area contributed by atoms with Crippen molar-refractivity contribution in [3.05, 3.63) is 0 Å². The van der Waals surface area contributed by atoms with Gasteiger partial charge in [-0.25, -0.2) is 8.42 Å². The summed E-state index contributed by atoms with van der Waals surface area (Å²) in [4.78, 5) is 0. The Morgan fingerprint density at radius 1 is 1.31 bits per heavy atom. The summed E-state index contributed by atoms with van der Waals surface area (Å²) < 4.78 is 26.0. The van der Waals surface area contributed by atoms with Crippen molar-refractivity contribution in [3.8, 4) is 0 Å². The number of rotatable bonds is 8. The first-order valence-corrected chi connectivity index (χ1v) is 8.25. The molecular formula is C11H22ClNO2S. The molecule has 0 heterocycles. The molecule has 0 aromatic carbocycles. The van der Waals surface area contributed by atoms with Crippen LogP contribution in [0.15, 0.2) is 0 Å². The van der Waals surface area contributed by atoms with Gasteiger partial charge in [0.05, 0.1) is 5.75 Å². The third-order valence-corrected chi connectivity index (χ3v) is 5.41. The van der Waals surface area contributed by atoms with Gasteiger partial charge < -0.3 is 0 Å². The van der Waals surface area contributed by atoms with E-state index in [1.807, 2.05) is 13.8 Å². The Hall–Kier alpha value is 0.200. The van der Waals surface area contributed by atoms with Gasteiger partial charge in [-0.15, -0.1) is 11.6 Å². The van der Waals surface area contributed by atoms with E-state index in [4.69, 9.17) is 11.6 Å². The second kappa shape index (κ2) is 6.22. The van der Waals surface area contributed by atoms with Crippen molar-refractivity contribution < 1.29 is 8.42 Å². The summed E-state index contributed by atoms with van der Waals surface area (Å²) in [5, 5.41) is 0. The van der Waals surface area contributed by atoms with E-state index in [2.05, 4.69) is 0 Å². The van der Waals surface area contributed by atoms with E-state index in [0.717, 1.165) is 25.7 Å². The molecule has 0 aromatic heterocycles. The Kier molecular flexibility index (Phi) is 5.54. The molecule has 0 aromatic rings. The minimum absolute atomic E-state index is 0.113. The van der Waals surface area contributed by atoms with Crippen LogP contribution in [0.1, 0.15) is 39.5 Å². The molecule has 16 heavy (non-hydrogen) atoms. The molecule has 3 nitrogen and oxygen atoms in total. The lowest BCUT2D eigenvalue weighted by Crippen LogP contribution is -2.42. The number of hydrogen-bond acceptors (Lipinski definition) is 2. The summed E-state index contributed by atoms with van der Waals surface area (Å²) >= 11 is 5.71. The minimum Gasteiger partial charge on any atom is -0.212 e. The molecule has 0 radical (unpaired) electrons. The average molecular weight is 268 g/mol. The van der Waals surface area contributed by atoms with Crippen molar-refractivity contribution >= 4 is 21.6 Å². The SMILES string of the molecule is CCC(CC)N(CCCl)S(=O)(=O)CC1CC1. The molecular weight excluding hydrogens is 246 g/mol. The van der Waals surface area contributed by atoms with Crippen molar-refractivity contribution in [1.29, 1.82) is 0 Å². The van der Waals surface area contributed by atoms with E-state index in [1.54, 1.807) is 4.31 Å². The van der Waals surface area contributed by atoms with Gasteiger partial charge in [0.25, 0.3) is 0 Å². The first-order valence-electron chi connectivity index (χ1n) is 6.10. The molecule has 0 saturated heterocycles. The Morgan fingerprint density at radius 2 is 1.88 bits per heavy atom. The van der Waals surface area contributed by atoms with Gasteiger partial charge in [0, 0.05) is 18.5 Å². The maximum atomic E-state index is 12.2. The van der Waals surface area contributed by atoms with Crippen LogP contribution in [0.25, 0.3) is 0 Å². The molecule has 5 heteroatoms. The van der Waals surface area contributed by atoms with Gasteiger partial charge in [0.15, 0.2) is 0 Å². The molecule has 1 rings (SSSR count). The Bertz CT molecular complexity index is 297. The van der Waals surface area contributed by atoms with E-state index in [1.165, 1.54) is 0 Å². The normalized spacial score (nSPS) is 17.3. The number of halogens is 1. The van der Waals surface area contributed by atoms with Crippen LogP contribution in [0.4, 0.5) is 0 Å². The summed E-state index contributed by atoms with van der Waals surface area (Å²) in [7, 11) is -3.10. The molecule has 1 fully saturated rings. The molecule has 1 aliphatic rings. The van der Waals surface area contributed by atoms with Crippen molar-refractivity contribution in [2.75, 3.05) is 18.2 Å². The number of sulfonamides is 1. The van der Waals surface area contributed by atoms with Crippen LogP contribution in [0.3, 0.4) is 0 Å². The molecule has 0 amide bonds. The Labute approximate surface area is 104 Å². The molecule has 0 unspecified atom stereocenters. The zero-order valence-corrected chi connectivity index (χ0v) is 11.7. The average Bonchev–Trinajstić information content (AvgIpc) is 3.01. The number of hydrogen-bond donors (Lipinski definition) is 0. The van der Waals surface area contributed by atoms with E-state index >= 15 is 0 Å². The third kappa shape index (κ3) is 3.90. The van der Waals surface area contributed by atoms with Gasteiger partial charge in [-0.05, 0) is 31.6 Å². The van der Waals surface area contributed by atoms with Crippen LogP contribution in [-0.4, -0.2) is 36.9 Å². The summed E-state index contributed by atoms with van der Waals surface area (Å²) in [5.74, 6) is 1.10. The largest absolute Gasteiger partial charge is 0.214 e. The van der Waals surface area contributed by atoms with Crippen LogP contribution >= 0.6 is 11.6 Å². The second-order valence-corrected chi connectivity index (χ2v) is 6.84. The fraction of sp³-hybridized carbons (Fsp3) is 1.00. The first-order chi connectivity index (χ1) is 7.55. The molecule has 1 saturated carbocycles. The molecule has 0 bridgehead atoms. The van der Waals surface area contributed by atoms with Gasteiger partial charge in [-0.2, -0.15) is 4.31 Å². The quantitative estimate of drug-likeness (QED) is 0.634. The van der Waals surface area contributed by atoms with Crippen molar-refractivity contribution in [2.45, 2.75) is 45.6 Å². The third-order valence-electron chi connectivity index (χ3n) is 3.16. The van der Waals surface area contributed by atoms with Crippen molar-refractivity contribution in [1.82, 2.24) is 4.31 Å². The monoisotopic (exact) mass is 267 g/mol. The van der Waals surface area contributed by atoms with E-state index in [-0.39, 0.29) is 6.04 Å². The second-order valence-electron chi connectivity index (χ2n) is 4.49. The molecule has 0 N–H and O–H groups in total. The highest BCUT2D eigenvalue weighted by Crippen LogP contribution is 2.32. The van der Waals surface area contributed by atoms with E-state index in [0.29, 0.717) is 24.1 Å². The van der Waals surface area contributed by atoms with Crippen LogP contribution in [0, 0.1) is 5.92 Å². The maximum absolute atomic E-state index is 12.2. The summed E-state index contributed by atoms with van der Waals surface area (Å²) in [6, 6.07) is 0.113. The zero-order chi connectivity index (χ0) is 12.2. The minimum atomic E-state index is -3.10. The van der Waals surface area contributed by atoms with Gasteiger partial charge in [-0.3, -0.25) is 0 Å². The predicted octanol–water partition coefficient (Wildman–Crippen LogP) is 2.46. The Balaban J connectivity index is 2.72.